The number of aromatic nitrogens is 1. The van der Waals surface area contributed by atoms with E-state index in [-0.39, 0.29) is 49.5 Å². The number of aryl methyl sites for hydroxylation is 2. The molecule has 1 aromatic carbocycles. The fourth-order valence-electron chi connectivity index (χ4n) is 4.37. The molecule has 3 atom stereocenters. The van der Waals surface area contributed by atoms with Crippen molar-refractivity contribution in [2.75, 3.05) is 37.4 Å². The Morgan fingerprint density at radius 2 is 1.95 bits per heavy atom. The minimum Gasteiger partial charge on any atom is -0.488 e. The molecule has 0 radical (unpaired) electrons. The molecule has 0 fully saturated rings. The summed E-state index contributed by atoms with van der Waals surface area (Å²) in [5, 5.41) is 22.1. The number of carbonyl (C=O) groups excluding carboxylic acids is 3. The van der Waals surface area contributed by atoms with Gasteiger partial charge in [-0.3, -0.25) is 4.79 Å². The van der Waals surface area contributed by atoms with Crippen molar-refractivity contribution < 1.29 is 28.8 Å². The number of rotatable bonds is 7. The predicted molar refractivity (Wildman–Crippen MR) is 147 cm³/mol. The van der Waals surface area contributed by atoms with Crippen molar-refractivity contribution in [3.05, 3.63) is 35.2 Å². The number of nitrogens with one attached hydrogen (secondary N) is 3. The van der Waals surface area contributed by atoms with Gasteiger partial charge in [0.25, 0.3) is 0 Å². The van der Waals surface area contributed by atoms with Crippen molar-refractivity contribution in [2.24, 2.45) is 5.92 Å². The molecule has 1 aromatic heterocycles. The number of nitrogens with zero attached hydrogens (tertiary/aromatic N) is 3. The lowest BCUT2D eigenvalue weighted by atomic mass is 10.0. The number of amides is 5. The van der Waals surface area contributed by atoms with Gasteiger partial charge >= 0.3 is 12.1 Å². The van der Waals surface area contributed by atoms with Crippen LogP contribution in [0, 0.1) is 19.8 Å². The van der Waals surface area contributed by atoms with Gasteiger partial charge in [0.15, 0.2) is 5.76 Å². The summed E-state index contributed by atoms with van der Waals surface area (Å²) in [6, 6.07) is 4.01. The van der Waals surface area contributed by atoms with Crippen LogP contribution in [-0.4, -0.2) is 83.0 Å². The number of urea groups is 2. The number of anilines is 2. The van der Waals surface area contributed by atoms with Crippen molar-refractivity contribution in [3.8, 4) is 5.75 Å². The molecule has 4 N–H and O–H groups in total. The Balaban J connectivity index is 1.88. The van der Waals surface area contributed by atoms with Crippen LogP contribution in [0.2, 0.25) is 0 Å². The molecule has 2 heterocycles. The van der Waals surface area contributed by atoms with Crippen molar-refractivity contribution in [1.82, 2.24) is 20.3 Å². The molecule has 12 nitrogen and oxygen atoms in total. The van der Waals surface area contributed by atoms with Crippen molar-refractivity contribution >= 4 is 29.3 Å². The molecular formula is C27H40N6O6. The van der Waals surface area contributed by atoms with E-state index in [2.05, 4.69) is 21.1 Å². The zero-order chi connectivity index (χ0) is 28.9. The zero-order valence-corrected chi connectivity index (χ0v) is 23.7. The molecule has 12 heteroatoms. The van der Waals surface area contributed by atoms with Crippen LogP contribution in [-0.2, 0) is 11.2 Å². The lowest BCUT2D eigenvalue weighted by Gasteiger charge is -2.34. The van der Waals surface area contributed by atoms with E-state index in [4.69, 9.17) is 9.26 Å². The van der Waals surface area contributed by atoms with Gasteiger partial charge in [0.1, 0.15) is 23.2 Å². The third-order valence-corrected chi connectivity index (χ3v) is 6.66. The molecule has 5 amide bonds. The molecule has 0 saturated heterocycles. The highest BCUT2D eigenvalue weighted by molar-refractivity contribution is 5.91. The van der Waals surface area contributed by atoms with Gasteiger partial charge < -0.3 is 40.1 Å². The van der Waals surface area contributed by atoms with E-state index in [1.54, 1.807) is 50.9 Å². The third-order valence-electron chi connectivity index (χ3n) is 6.66. The number of aliphatic hydroxyl groups excluding tert-OH is 1. The predicted octanol–water partition coefficient (Wildman–Crippen LogP) is 3.13. The van der Waals surface area contributed by atoms with Crippen molar-refractivity contribution in [2.45, 2.75) is 66.2 Å². The first-order valence-corrected chi connectivity index (χ1v) is 13.1. The molecule has 39 heavy (non-hydrogen) atoms. The smallest absolute Gasteiger partial charge is 0.321 e. The molecule has 2 aromatic rings. The fourth-order valence-corrected chi connectivity index (χ4v) is 4.37. The van der Waals surface area contributed by atoms with Gasteiger partial charge in [-0.2, -0.15) is 0 Å². The van der Waals surface area contributed by atoms with Crippen molar-refractivity contribution in [1.29, 1.82) is 0 Å². The first-order valence-electron chi connectivity index (χ1n) is 13.1. The highest BCUT2D eigenvalue weighted by Gasteiger charge is 2.32. The Bertz CT molecular complexity index is 1160. The summed E-state index contributed by atoms with van der Waals surface area (Å²) in [5.41, 5.74) is 2.22. The van der Waals surface area contributed by atoms with Crippen LogP contribution in [0.25, 0.3) is 0 Å². The second-order valence-corrected chi connectivity index (χ2v) is 10.5. The maximum absolute atomic E-state index is 13.4. The number of likely N-dealkylation sites (N-methyl/N-ethyl adjacent to an activating group) is 1. The Hall–Kier alpha value is -3.80. The SMILES string of the molecule is Cc1noc(C)c1NC(=O)N(C)C[C@H]1Oc2ccc(NC(=O)NC(C)C)cc2CC(=O)N([C@H](C)CO)C[C@@H]1C. The van der Waals surface area contributed by atoms with Gasteiger partial charge in [-0.15, -0.1) is 0 Å². The summed E-state index contributed by atoms with van der Waals surface area (Å²) in [6.45, 7) is 11.3. The second-order valence-electron chi connectivity index (χ2n) is 10.5. The number of carbonyl (C=O) groups is 3. The average Bonchev–Trinajstić information content (AvgIpc) is 3.20. The number of benzene rings is 1. The normalized spacial score (nSPS) is 18.3. The van der Waals surface area contributed by atoms with Gasteiger partial charge in [0.2, 0.25) is 5.91 Å². The largest absolute Gasteiger partial charge is 0.488 e. The number of fused-ring (bicyclic) bond motifs is 1. The summed E-state index contributed by atoms with van der Waals surface area (Å²) < 4.78 is 11.6. The van der Waals surface area contributed by atoms with E-state index < -0.39 is 12.1 Å². The highest BCUT2D eigenvalue weighted by atomic mass is 16.5. The lowest BCUT2D eigenvalue weighted by molar-refractivity contribution is -0.134. The molecule has 0 saturated carbocycles. The quantitative estimate of drug-likeness (QED) is 0.418. The Morgan fingerprint density at radius 3 is 2.56 bits per heavy atom. The van der Waals surface area contributed by atoms with Gasteiger partial charge in [0, 0.05) is 36.8 Å². The minimum absolute atomic E-state index is 0.0306. The minimum atomic E-state index is -0.480. The number of ether oxygens (including phenoxy) is 1. The van der Waals surface area contributed by atoms with E-state index >= 15 is 0 Å². The van der Waals surface area contributed by atoms with Crippen LogP contribution in [0.4, 0.5) is 21.0 Å². The Morgan fingerprint density at radius 1 is 1.23 bits per heavy atom. The fraction of sp³-hybridized carbons (Fsp3) is 0.556. The third kappa shape index (κ3) is 7.62. The van der Waals surface area contributed by atoms with E-state index in [1.807, 2.05) is 20.8 Å². The molecule has 1 aliphatic rings. The molecule has 1 aliphatic heterocycles. The summed E-state index contributed by atoms with van der Waals surface area (Å²) in [4.78, 5) is 41.8. The summed E-state index contributed by atoms with van der Waals surface area (Å²) in [5.74, 6) is 0.655. The first-order chi connectivity index (χ1) is 18.4. The van der Waals surface area contributed by atoms with Crippen LogP contribution in [0.3, 0.4) is 0 Å². The Kier molecular flexibility index (Phi) is 9.79. The topological polar surface area (TPSA) is 149 Å². The summed E-state index contributed by atoms with van der Waals surface area (Å²) >= 11 is 0. The van der Waals surface area contributed by atoms with Gasteiger partial charge in [-0.05, 0) is 52.8 Å². The van der Waals surface area contributed by atoms with Gasteiger partial charge in [-0.1, -0.05) is 12.1 Å². The number of aliphatic hydroxyl groups is 1. The molecule has 0 bridgehead atoms. The summed E-state index contributed by atoms with van der Waals surface area (Å²) in [7, 11) is 1.66. The standard InChI is InChI=1S/C27H40N6O6/c1-15(2)28-26(36)29-21-8-9-22-20(10-21)11-24(35)33(17(4)14-34)12-16(3)23(38-22)13-32(7)27(37)30-25-18(5)31-39-19(25)6/h8-10,15-17,23,34H,11-14H2,1-7H3,(H,30,37)(H2,28,29,36)/t16-,17+,23+/m0/s1. The average molecular weight is 545 g/mol. The van der Waals surface area contributed by atoms with Gasteiger partial charge in [0.05, 0.1) is 25.6 Å². The van der Waals surface area contributed by atoms with Crippen LogP contribution < -0.4 is 20.7 Å². The first kappa shape index (κ1) is 29.8. The highest BCUT2D eigenvalue weighted by Crippen LogP contribution is 2.29. The second kappa shape index (κ2) is 12.8. The molecule has 3 rings (SSSR count). The van der Waals surface area contributed by atoms with Crippen LogP contribution >= 0.6 is 0 Å². The maximum atomic E-state index is 13.4. The molecule has 0 aliphatic carbocycles. The van der Waals surface area contributed by atoms with Crippen LogP contribution in [0.1, 0.15) is 44.7 Å². The van der Waals surface area contributed by atoms with Crippen LogP contribution in [0.5, 0.6) is 5.75 Å². The molecular weight excluding hydrogens is 504 g/mol. The van der Waals surface area contributed by atoms with Gasteiger partial charge in [-0.25, -0.2) is 9.59 Å². The molecule has 0 spiro atoms. The van der Waals surface area contributed by atoms with E-state index in [0.717, 1.165) is 0 Å². The van der Waals surface area contributed by atoms with E-state index in [9.17, 15) is 19.5 Å². The summed E-state index contributed by atoms with van der Waals surface area (Å²) in [6.07, 6.45) is -0.450. The maximum Gasteiger partial charge on any atom is 0.321 e. The van der Waals surface area contributed by atoms with E-state index in [0.29, 0.717) is 40.7 Å². The Labute approximate surface area is 229 Å². The molecule has 0 unspecified atom stereocenters. The lowest BCUT2D eigenvalue weighted by Crippen LogP contribution is -2.48. The van der Waals surface area contributed by atoms with Crippen LogP contribution in [0.15, 0.2) is 22.7 Å². The monoisotopic (exact) mass is 544 g/mol. The zero-order valence-electron chi connectivity index (χ0n) is 23.7. The van der Waals surface area contributed by atoms with Crippen molar-refractivity contribution in [3.63, 3.8) is 0 Å². The van der Waals surface area contributed by atoms with E-state index in [1.165, 1.54) is 4.90 Å². The number of hydrogen-bond donors (Lipinski definition) is 4. The molecule has 214 valence electrons. The number of hydrogen-bond acceptors (Lipinski definition) is 7.